The Morgan fingerprint density at radius 2 is 2.07 bits per heavy atom. The molecule has 0 aliphatic rings. The number of halogens is 1. The van der Waals surface area contributed by atoms with Gasteiger partial charge in [0.1, 0.15) is 11.6 Å². The number of hydrogen-bond donors (Lipinski definition) is 4. The Morgan fingerprint density at radius 1 is 1.31 bits per heavy atom. The molecule has 1 heterocycles. The molecule has 7 nitrogen and oxygen atoms in total. The number of nitrogen functional groups attached to an aromatic ring is 1. The molecule has 5 N–H and O–H groups in total. The van der Waals surface area contributed by atoms with E-state index in [1.54, 1.807) is 12.1 Å². The third-order valence-electron chi connectivity index (χ3n) is 4.87. The van der Waals surface area contributed by atoms with Crippen molar-refractivity contribution >= 4 is 17.7 Å². The van der Waals surface area contributed by atoms with Gasteiger partial charge in [0.05, 0.1) is 6.42 Å². The highest BCUT2D eigenvalue weighted by atomic mass is 19.1. The van der Waals surface area contributed by atoms with E-state index in [0.717, 1.165) is 31.2 Å². The molecular weight excluding hydrogens is 375 g/mol. The van der Waals surface area contributed by atoms with E-state index in [0.29, 0.717) is 22.6 Å². The number of aliphatic hydroxyl groups is 1. The normalized spacial score (nSPS) is 12.0. The Bertz CT molecular complexity index is 845. The number of benzene rings is 1. The molecule has 2 aromatic rings. The fraction of sp³-hybridized carbons (Fsp3) is 0.476. The van der Waals surface area contributed by atoms with Crippen LogP contribution in [0, 0.1) is 12.7 Å². The van der Waals surface area contributed by atoms with Crippen LogP contribution in [0.2, 0.25) is 0 Å². The van der Waals surface area contributed by atoms with Crippen LogP contribution >= 0.6 is 0 Å². The van der Waals surface area contributed by atoms with Crippen LogP contribution in [0.15, 0.2) is 18.2 Å². The molecule has 29 heavy (non-hydrogen) atoms. The molecule has 158 valence electrons. The summed E-state index contributed by atoms with van der Waals surface area (Å²) in [6, 6.07) is 4.63. The highest BCUT2D eigenvalue weighted by Gasteiger charge is 2.17. The fourth-order valence-electron chi connectivity index (χ4n) is 3.23. The molecular formula is C21H29FN4O3. The summed E-state index contributed by atoms with van der Waals surface area (Å²) < 4.78 is 14.6. The Labute approximate surface area is 170 Å². The number of rotatable bonds is 11. The van der Waals surface area contributed by atoms with Crippen LogP contribution in [0.5, 0.6) is 0 Å². The summed E-state index contributed by atoms with van der Waals surface area (Å²) >= 11 is 0. The lowest BCUT2D eigenvalue weighted by atomic mass is 10.0. The monoisotopic (exact) mass is 404 g/mol. The Kier molecular flexibility index (Phi) is 8.33. The van der Waals surface area contributed by atoms with Crippen molar-refractivity contribution in [2.45, 2.75) is 58.4 Å². The van der Waals surface area contributed by atoms with Gasteiger partial charge in [-0.3, -0.25) is 4.79 Å². The average molecular weight is 404 g/mol. The standard InChI is InChI=1S/C21H29FN4O3/c1-3-16(6-4-5-9-27)25-20-17(13(2)24-21(23)26-20)12-15-8-7-14(10-18(15)22)11-19(28)29/h7-8,10,16,27H,3-6,9,11-12H2,1-2H3,(H,28,29)(H3,23,24,25,26). The zero-order chi connectivity index (χ0) is 21.4. The Hall–Kier alpha value is -2.74. The molecule has 8 heteroatoms. The summed E-state index contributed by atoms with van der Waals surface area (Å²) in [4.78, 5) is 19.4. The number of nitrogens with one attached hydrogen (secondary N) is 1. The smallest absolute Gasteiger partial charge is 0.307 e. The van der Waals surface area contributed by atoms with Crippen molar-refractivity contribution in [1.29, 1.82) is 0 Å². The number of anilines is 2. The molecule has 0 aliphatic carbocycles. The largest absolute Gasteiger partial charge is 0.481 e. The molecule has 0 spiro atoms. The fourth-order valence-corrected chi connectivity index (χ4v) is 3.23. The quantitative estimate of drug-likeness (QED) is 0.425. The van der Waals surface area contributed by atoms with Crippen molar-refractivity contribution < 1.29 is 19.4 Å². The predicted molar refractivity (Wildman–Crippen MR) is 110 cm³/mol. The minimum absolute atomic E-state index is 0.149. The number of carboxylic acid groups (broad SMARTS) is 1. The van der Waals surface area contributed by atoms with E-state index in [1.807, 2.05) is 6.92 Å². The number of unbranched alkanes of at least 4 members (excludes halogenated alkanes) is 1. The van der Waals surface area contributed by atoms with Gasteiger partial charge in [0, 0.05) is 30.3 Å². The number of nitrogens with zero attached hydrogens (tertiary/aromatic N) is 2. The van der Waals surface area contributed by atoms with Gasteiger partial charge in [-0.25, -0.2) is 9.37 Å². The molecule has 2 rings (SSSR count). The molecule has 1 atom stereocenters. The molecule has 0 saturated carbocycles. The van der Waals surface area contributed by atoms with Crippen molar-refractivity contribution in [3.8, 4) is 0 Å². The highest BCUT2D eigenvalue weighted by Crippen LogP contribution is 2.25. The molecule has 1 unspecified atom stereocenters. The molecule has 0 saturated heterocycles. The van der Waals surface area contributed by atoms with Gasteiger partial charge in [-0.2, -0.15) is 4.98 Å². The first-order chi connectivity index (χ1) is 13.8. The van der Waals surface area contributed by atoms with E-state index in [1.165, 1.54) is 6.07 Å². The van der Waals surface area contributed by atoms with Gasteiger partial charge in [-0.15, -0.1) is 0 Å². The SMILES string of the molecule is CCC(CCCCO)Nc1nc(N)nc(C)c1Cc1ccc(CC(=O)O)cc1F. The van der Waals surface area contributed by atoms with Crippen molar-refractivity contribution in [3.05, 3.63) is 46.4 Å². The summed E-state index contributed by atoms with van der Waals surface area (Å²) in [6.45, 7) is 4.04. The van der Waals surface area contributed by atoms with E-state index >= 15 is 0 Å². The van der Waals surface area contributed by atoms with Gasteiger partial charge in [-0.1, -0.05) is 19.1 Å². The van der Waals surface area contributed by atoms with Crippen LogP contribution < -0.4 is 11.1 Å². The second-order valence-corrected chi connectivity index (χ2v) is 7.14. The number of hydrogen-bond acceptors (Lipinski definition) is 6. The lowest BCUT2D eigenvalue weighted by Crippen LogP contribution is -2.22. The summed E-state index contributed by atoms with van der Waals surface area (Å²) in [6.07, 6.45) is 3.41. The van der Waals surface area contributed by atoms with Crippen molar-refractivity contribution in [2.24, 2.45) is 0 Å². The summed E-state index contributed by atoms with van der Waals surface area (Å²) in [5.41, 5.74) is 8.10. The third kappa shape index (κ3) is 6.67. The molecule has 1 aromatic carbocycles. The van der Waals surface area contributed by atoms with Crippen LogP contribution in [-0.4, -0.2) is 38.8 Å². The van der Waals surface area contributed by atoms with Crippen LogP contribution in [0.25, 0.3) is 0 Å². The van der Waals surface area contributed by atoms with E-state index in [-0.39, 0.29) is 31.4 Å². The van der Waals surface area contributed by atoms with Crippen molar-refractivity contribution in [2.75, 3.05) is 17.7 Å². The summed E-state index contributed by atoms with van der Waals surface area (Å²) in [5.74, 6) is -0.727. The Balaban J connectivity index is 2.27. The van der Waals surface area contributed by atoms with Crippen LogP contribution in [0.1, 0.15) is 55.0 Å². The van der Waals surface area contributed by atoms with E-state index in [2.05, 4.69) is 22.2 Å². The zero-order valence-electron chi connectivity index (χ0n) is 16.9. The van der Waals surface area contributed by atoms with Gasteiger partial charge >= 0.3 is 5.97 Å². The molecule has 0 fully saturated rings. The number of aliphatic carboxylic acids is 1. The van der Waals surface area contributed by atoms with Gasteiger partial charge in [-0.05, 0) is 49.8 Å². The highest BCUT2D eigenvalue weighted by molar-refractivity contribution is 5.70. The van der Waals surface area contributed by atoms with Crippen LogP contribution in [-0.2, 0) is 17.6 Å². The number of aryl methyl sites for hydroxylation is 1. The van der Waals surface area contributed by atoms with E-state index in [9.17, 15) is 9.18 Å². The number of carbonyl (C=O) groups is 1. The first-order valence-corrected chi connectivity index (χ1v) is 9.83. The number of aliphatic hydroxyl groups excluding tert-OH is 1. The maximum atomic E-state index is 14.6. The van der Waals surface area contributed by atoms with Gasteiger partial charge in [0.25, 0.3) is 0 Å². The minimum Gasteiger partial charge on any atom is -0.481 e. The molecule has 1 aromatic heterocycles. The van der Waals surface area contributed by atoms with E-state index < -0.39 is 11.8 Å². The van der Waals surface area contributed by atoms with Crippen LogP contribution in [0.4, 0.5) is 16.2 Å². The molecule has 0 amide bonds. The topological polar surface area (TPSA) is 121 Å². The zero-order valence-corrected chi connectivity index (χ0v) is 16.9. The minimum atomic E-state index is -1.00. The first kappa shape index (κ1) is 22.5. The molecule has 0 bridgehead atoms. The number of carboxylic acids is 1. The third-order valence-corrected chi connectivity index (χ3v) is 4.87. The Morgan fingerprint density at radius 3 is 2.69 bits per heavy atom. The van der Waals surface area contributed by atoms with Gasteiger partial charge in [0.2, 0.25) is 5.95 Å². The van der Waals surface area contributed by atoms with Crippen molar-refractivity contribution in [1.82, 2.24) is 9.97 Å². The second kappa shape index (κ2) is 10.7. The number of nitrogens with two attached hydrogens (primary N) is 1. The first-order valence-electron chi connectivity index (χ1n) is 9.83. The van der Waals surface area contributed by atoms with Gasteiger partial charge in [0.15, 0.2) is 0 Å². The van der Waals surface area contributed by atoms with Crippen molar-refractivity contribution in [3.63, 3.8) is 0 Å². The van der Waals surface area contributed by atoms with E-state index in [4.69, 9.17) is 15.9 Å². The number of aromatic nitrogens is 2. The maximum absolute atomic E-state index is 14.6. The van der Waals surface area contributed by atoms with Gasteiger partial charge < -0.3 is 21.3 Å². The summed E-state index contributed by atoms with van der Waals surface area (Å²) in [7, 11) is 0. The lowest BCUT2D eigenvalue weighted by molar-refractivity contribution is -0.136. The second-order valence-electron chi connectivity index (χ2n) is 7.14. The predicted octanol–water partition coefficient (Wildman–Crippen LogP) is 3.08. The average Bonchev–Trinajstić information content (AvgIpc) is 2.64. The maximum Gasteiger partial charge on any atom is 0.307 e. The summed E-state index contributed by atoms with van der Waals surface area (Å²) in [5, 5.41) is 21.3. The molecule has 0 aliphatic heterocycles. The lowest BCUT2D eigenvalue weighted by Gasteiger charge is -2.21. The molecule has 0 radical (unpaired) electrons. The van der Waals surface area contributed by atoms with Crippen LogP contribution in [0.3, 0.4) is 0 Å².